The number of ether oxygens (including phenoxy) is 3. The molecule has 0 aromatic heterocycles. The second-order valence-electron chi connectivity index (χ2n) is 8.67. The highest BCUT2D eigenvalue weighted by Gasteiger charge is 2.50. The minimum absolute atomic E-state index is 0.0153. The molecule has 1 N–H and O–H groups in total. The van der Waals surface area contributed by atoms with Crippen molar-refractivity contribution in [2.75, 3.05) is 19.8 Å². The largest absolute Gasteiger partial charge is 0.480 e. The van der Waals surface area contributed by atoms with E-state index in [1.54, 1.807) is 19.1 Å². The summed E-state index contributed by atoms with van der Waals surface area (Å²) in [6.45, 7) is 2.28. The molecule has 1 aliphatic carbocycles. The maximum Gasteiger partial charge on any atom is 0.329 e. The Morgan fingerprint density at radius 3 is 2.52 bits per heavy atom. The molecule has 0 unspecified atom stereocenters. The molecule has 7 heteroatoms. The van der Waals surface area contributed by atoms with E-state index in [1.165, 1.54) is 24.3 Å². The second kappa shape index (κ2) is 8.55. The van der Waals surface area contributed by atoms with E-state index >= 15 is 0 Å². The average molecular weight is 432 g/mol. The number of carboxylic acids is 1. The van der Waals surface area contributed by atoms with Crippen LogP contribution >= 0.6 is 0 Å². The first-order valence-corrected chi connectivity index (χ1v) is 10.5. The zero-order valence-electron chi connectivity index (χ0n) is 17.5. The molecular weight excluding hydrogens is 406 g/mol. The Balaban J connectivity index is 1.46. The molecule has 0 amide bonds. The van der Waals surface area contributed by atoms with Crippen LogP contribution in [0.5, 0.6) is 11.5 Å². The van der Waals surface area contributed by atoms with Crippen LogP contribution in [0.15, 0.2) is 36.4 Å². The number of hydrogen-bond acceptors (Lipinski definition) is 4. The van der Waals surface area contributed by atoms with Gasteiger partial charge in [0.25, 0.3) is 0 Å². The summed E-state index contributed by atoms with van der Waals surface area (Å²) in [5.41, 5.74) is 0.636. The highest BCUT2D eigenvalue weighted by molar-refractivity contribution is 5.67. The van der Waals surface area contributed by atoms with E-state index in [0.29, 0.717) is 30.3 Å². The monoisotopic (exact) mass is 432 g/mol. The predicted molar refractivity (Wildman–Crippen MR) is 109 cm³/mol. The van der Waals surface area contributed by atoms with Crippen LogP contribution in [0.25, 0.3) is 0 Å². The van der Waals surface area contributed by atoms with Crippen LogP contribution in [0.3, 0.4) is 0 Å². The highest BCUT2D eigenvalue weighted by Crippen LogP contribution is 2.55. The van der Waals surface area contributed by atoms with Crippen LogP contribution in [-0.2, 0) is 19.9 Å². The summed E-state index contributed by atoms with van der Waals surface area (Å²) in [5.74, 6) is -0.903. The van der Waals surface area contributed by atoms with Gasteiger partial charge in [-0.2, -0.15) is 0 Å². The van der Waals surface area contributed by atoms with Gasteiger partial charge in [0.1, 0.15) is 29.7 Å². The molecule has 166 valence electrons. The fraction of sp³-hybridized carbons (Fsp3) is 0.458. The topological polar surface area (TPSA) is 65.0 Å². The Morgan fingerprint density at radius 1 is 1.10 bits per heavy atom. The quantitative estimate of drug-likeness (QED) is 0.570. The molecule has 0 radical (unpaired) electrons. The minimum Gasteiger partial charge on any atom is -0.480 e. The molecular formula is C24H26F2O5. The summed E-state index contributed by atoms with van der Waals surface area (Å²) in [6.07, 6.45) is 4.08. The lowest BCUT2D eigenvalue weighted by molar-refractivity contribution is -0.194. The Morgan fingerprint density at radius 2 is 1.87 bits per heavy atom. The van der Waals surface area contributed by atoms with Crippen molar-refractivity contribution in [3.05, 3.63) is 59.2 Å². The number of aliphatic carboxylic acids is 1. The van der Waals surface area contributed by atoms with Crippen LogP contribution in [-0.4, -0.2) is 30.9 Å². The minimum atomic E-state index is -0.972. The van der Waals surface area contributed by atoms with Gasteiger partial charge in [-0.05, 0) is 85.9 Å². The van der Waals surface area contributed by atoms with Crippen LogP contribution < -0.4 is 4.74 Å². The van der Waals surface area contributed by atoms with Crippen molar-refractivity contribution in [1.82, 2.24) is 0 Å². The molecule has 3 aliphatic rings. The molecule has 31 heavy (non-hydrogen) atoms. The number of hydrogen-bond donors (Lipinski definition) is 1. The Bertz CT molecular complexity index is 950. The molecule has 0 spiro atoms. The highest BCUT2D eigenvalue weighted by atomic mass is 19.1. The van der Waals surface area contributed by atoms with Crippen molar-refractivity contribution in [3.63, 3.8) is 0 Å². The van der Waals surface area contributed by atoms with Gasteiger partial charge in [-0.25, -0.2) is 13.6 Å². The van der Waals surface area contributed by atoms with E-state index < -0.39 is 17.4 Å². The molecule has 2 heterocycles. The number of halogens is 2. The predicted octanol–water partition coefficient (Wildman–Crippen LogP) is 5.34. The third-order valence-corrected chi connectivity index (χ3v) is 6.54. The molecule has 2 saturated heterocycles. The maximum atomic E-state index is 14.4. The summed E-state index contributed by atoms with van der Waals surface area (Å²) in [4.78, 5) is 10.6. The van der Waals surface area contributed by atoms with E-state index in [1.807, 2.05) is 0 Å². The van der Waals surface area contributed by atoms with Crippen molar-refractivity contribution < 1.29 is 32.9 Å². The van der Waals surface area contributed by atoms with E-state index in [4.69, 9.17) is 19.3 Å². The standard InChI is InChI=1S/C24H26F2O5/c1-16-10-19(2-3-21(16)26)31-20-12-17(11-18(25)13-20)24-6-4-23(5-7-24,15-30-24)8-9-29-14-22(27)28/h2-3,10-13H,4-9,14-15H2,1H3,(H,27,28). The maximum absolute atomic E-state index is 14.4. The fourth-order valence-electron chi connectivity index (χ4n) is 4.61. The normalized spacial score (nSPS) is 24.9. The van der Waals surface area contributed by atoms with Gasteiger partial charge in [-0.1, -0.05) is 0 Å². The van der Waals surface area contributed by atoms with Gasteiger partial charge in [-0.3, -0.25) is 0 Å². The molecule has 1 saturated carbocycles. The molecule has 2 aromatic rings. The lowest BCUT2D eigenvalue weighted by atomic mass is 9.63. The summed E-state index contributed by atoms with van der Waals surface area (Å²) >= 11 is 0. The van der Waals surface area contributed by atoms with Gasteiger partial charge in [0.15, 0.2) is 0 Å². The molecule has 5 nitrogen and oxygen atoms in total. The van der Waals surface area contributed by atoms with Crippen LogP contribution in [0.2, 0.25) is 0 Å². The van der Waals surface area contributed by atoms with Gasteiger partial charge in [-0.15, -0.1) is 0 Å². The van der Waals surface area contributed by atoms with Crippen LogP contribution in [0.4, 0.5) is 8.78 Å². The number of carbonyl (C=O) groups is 1. The lowest BCUT2D eigenvalue weighted by Gasteiger charge is -2.53. The smallest absolute Gasteiger partial charge is 0.329 e. The molecule has 2 aromatic carbocycles. The van der Waals surface area contributed by atoms with Gasteiger partial charge in [0.05, 0.1) is 12.2 Å². The van der Waals surface area contributed by atoms with Crippen LogP contribution in [0.1, 0.15) is 43.2 Å². The molecule has 2 aliphatic heterocycles. The number of rotatable bonds is 8. The summed E-state index contributed by atoms with van der Waals surface area (Å²) < 4.78 is 45.2. The lowest BCUT2D eigenvalue weighted by Crippen LogP contribution is -2.49. The number of aryl methyl sites for hydroxylation is 1. The Labute approximate surface area is 179 Å². The van der Waals surface area contributed by atoms with E-state index in [9.17, 15) is 13.6 Å². The molecule has 5 rings (SSSR count). The average Bonchev–Trinajstić information content (AvgIpc) is 2.75. The first-order chi connectivity index (χ1) is 14.8. The van der Waals surface area contributed by atoms with Gasteiger partial charge in [0.2, 0.25) is 0 Å². The van der Waals surface area contributed by atoms with Gasteiger partial charge >= 0.3 is 5.97 Å². The molecule has 3 fully saturated rings. The summed E-state index contributed by atoms with van der Waals surface area (Å²) in [7, 11) is 0. The third kappa shape index (κ3) is 4.72. The van der Waals surface area contributed by atoms with Gasteiger partial charge < -0.3 is 19.3 Å². The van der Waals surface area contributed by atoms with Crippen molar-refractivity contribution in [2.45, 2.75) is 44.6 Å². The van der Waals surface area contributed by atoms with Crippen molar-refractivity contribution in [3.8, 4) is 11.5 Å². The Kier molecular flexibility index (Phi) is 5.99. The first kappa shape index (κ1) is 21.7. The van der Waals surface area contributed by atoms with Gasteiger partial charge in [0, 0.05) is 12.7 Å². The number of carboxylic acid groups (broad SMARTS) is 1. The molecule has 2 bridgehead atoms. The first-order valence-electron chi connectivity index (χ1n) is 10.5. The van der Waals surface area contributed by atoms with Crippen molar-refractivity contribution >= 4 is 5.97 Å². The fourth-order valence-corrected chi connectivity index (χ4v) is 4.61. The van der Waals surface area contributed by atoms with Crippen molar-refractivity contribution in [1.29, 1.82) is 0 Å². The third-order valence-electron chi connectivity index (χ3n) is 6.54. The van der Waals surface area contributed by atoms with E-state index in [2.05, 4.69) is 0 Å². The summed E-state index contributed by atoms with van der Waals surface area (Å²) in [5, 5.41) is 8.70. The zero-order chi connectivity index (χ0) is 22.1. The summed E-state index contributed by atoms with van der Waals surface area (Å²) in [6, 6.07) is 9.04. The van der Waals surface area contributed by atoms with Crippen LogP contribution in [0, 0.1) is 24.0 Å². The Hall–Kier alpha value is -2.51. The van der Waals surface area contributed by atoms with Crippen molar-refractivity contribution in [2.24, 2.45) is 5.41 Å². The number of benzene rings is 2. The second-order valence-corrected chi connectivity index (χ2v) is 8.67. The van der Waals surface area contributed by atoms with E-state index in [0.717, 1.165) is 37.7 Å². The van der Waals surface area contributed by atoms with E-state index in [-0.39, 0.29) is 17.8 Å². The number of fused-ring (bicyclic) bond motifs is 3. The zero-order valence-corrected chi connectivity index (χ0v) is 17.5. The SMILES string of the molecule is Cc1cc(Oc2cc(F)cc(C34CCC(CCOCC(=O)O)(CC3)CO4)c2)ccc1F. The molecule has 0 atom stereocenters.